The Bertz CT molecular complexity index is 471. The van der Waals surface area contributed by atoms with Gasteiger partial charge in [-0.1, -0.05) is 12.1 Å². The number of alkyl halides is 1. The summed E-state index contributed by atoms with van der Waals surface area (Å²) in [4.78, 5) is 23.2. The molecular weight excluding hydrogens is 280 g/mol. The Morgan fingerprint density at radius 3 is 2.45 bits per heavy atom. The van der Waals surface area contributed by atoms with Crippen LogP contribution in [0.5, 0.6) is 0 Å². The number of carbonyl (C=O) groups excluding carboxylic acids is 2. The van der Waals surface area contributed by atoms with Crippen molar-refractivity contribution in [3.8, 4) is 0 Å². The molecule has 0 heterocycles. The van der Waals surface area contributed by atoms with Crippen LogP contribution in [0.1, 0.15) is 41.8 Å². The number of hydrogen-bond donors (Lipinski definition) is 0. The summed E-state index contributed by atoms with van der Waals surface area (Å²) in [6.45, 7) is 4.21. The summed E-state index contributed by atoms with van der Waals surface area (Å²) in [5.74, 6) is -0.389. The normalized spacial score (nSPS) is 10.2. The lowest BCUT2D eigenvalue weighted by Crippen LogP contribution is -2.09. The fourth-order valence-electron chi connectivity index (χ4n) is 1.77. The van der Waals surface area contributed by atoms with Gasteiger partial charge in [0.05, 0.1) is 18.8 Å². The molecule has 20 heavy (non-hydrogen) atoms. The molecule has 4 nitrogen and oxygen atoms in total. The molecule has 0 aliphatic carbocycles. The Hall–Kier alpha value is -1.55. The number of benzene rings is 1. The maximum atomic E-state index is 11.8. The number of carbonyl (C=O) groups is 2. The van der Waals surface area contributed by atoms with Gasteiger partial charge < -0.3 is 9.47 Å². The Labute approximate surface area is 124 Å². The molecule has 1 rings (SSSR count). The van der Waals surface area contributed by atoms with Crippen LogP contribution in [0, 0.1) is 0 Å². The summed E-state index contributed by atoms with van der Waals surface area (Å²) in [6, 6.07) is 5.38. The minimum atomic E-state index is -0.388. The van der Waals surface area contributed by atoms with E-state index in [1.54, 1.807) is 26.0 Å². The molecule has 0 radical (unpaired) electrons. The Morgan fingerprint density at radius 2 is 1.85 bits per heavy atom. The maximum Gasteiger partial charge on any atom is 0.338 e. The number of ether oxygens (including phenoxy) is 2. The van der Waals surface area contributed by atoms with Crippen LogP contribution in [-0.4, -0.2) is 25.2 Å². The molecule has 0 aromatic heterocycles. The van der Waals surface area contributed by atoms with Crippen molar-refractivity contribution in [1.82, 2.24) is 0 Å². The molecule has 0 amide bonds. The van der Waals surface area contributed by atoms with Gasteiger partial charge in [0.15, 0.2) is 0 Å². The smallest absolute Gasteiger partial charge is 0.338 e. The van der Waals surface area contributed by atoms with Gasteiger partial charge in [0.25, 0.3) is 0 Å². The molecule has 5 heteroatoms. The molecule has 0 aliphatic rings. The van der Waals surface area contributed by atoms with E-state index >= 15 is 0 Å². The van der Waals surface area contributed by atoms with Crippen molar-refractivity contribution in [2.45, 2.75) is 32.6 Å². The number of esters is 2. The van der Waals surface area contributed by atoms with Gasteiger partial charge >= 0.3 is 11.9 Å². The standard InChI is InChI=1S/C15H19ClO4/c1-3-19-14(17)8-6-11-5-7-12(10-16)13(9-11)15(18)20-4-2/h5,7,9H,3-4,6,8,10H2,1-2H3. The molecule has 1 aromatic carbocycles. The largest absolute Gasteiger partial charge is 0.466 e. The van der Waals surface area contributed by atoms with Crippen LogP contribution < -0.4 is 0 Å². The second kappa shape index (κ2) is 8.59. The van der Waals surface area contributed by atoms with Crippen molar-refractivity contribution in [1.29, 1.82) is 0 Å². The summed E-state index contributed by atoms with van der Waals surface area (Å²) < 4.78 is 9.87. The molecule has 0 bridgehead atoms. The van der Waals surface area contributed by atoms with Crippen LogP contribution in [0.4, 0.5) is 0 Å². The second-order valence-corrected chi connectivity index (χ2v) is 4.42. The monoisotopic (exact) mass is 298 g/mol. The van der Waals surface area contributed by atoms with E-state index in [0.717, 1.165) is 11.1 Å². The number of aryl methyl sites for hydroxylation is 1. The van der Waals surface area contributed by atoms with E-state index in [1.165, 1.54) is 0 Å². The molecule has 0 fully saturated rings. The third kappa shape index (κ3) is 4.85. The fourth-order valence-corrected chi connectivity index (χ4v) is 2.01. The summed E-state index contributed by atoms with van der Waals surface area (Å²) in [5, 5.41) is 0. The van der Waals surface area contributed by atoms with E-state index in [0.29, 0.717) is 25.2 Å². The lowest BCUT2D eigenvalue weighted by Gasteiger charge is -2.09. The predicted molar refractivity (Wildman–Crippen MR) is 76.9 cm³/mol. The van der Waals surface area contributed by atoms with Crippen LogP contribution >= 0.6 is 11.6 Å². The van der Waals surface area contributed by atoms with E-state index < -0.39 is 0 Å². The highest BCUT2D eigenvalue weighted by Gasteiger charge is 2.13. The van der Waals surface area contributed by atoms with Crippen molar-refractivity contribution in [3.05, 3.63) is 34.9 Å². The third-order valence-electron chi connectivity index (χ3n) is 2.74. The van der Waals surface area contributed by atoms with E-state index in [4.69, 9.17) is 21.1 Å². The fraction of sp³-hybridized carbons (Fsp3) is 0.467. The summed E-state index contributed by atoms with van der Waals surface area (Å²) in [6.07, 6.45) is 0.810. The number of halogens is 1. The lowest BCUT2D eigenvalue weighted by atomic mass is 10.0. The zero-order chi connectivity index (χ0) is 15.0. The van der Waals surface area contributed by atoms with E-state index in [-0.39, 0.29) is 24.2 Å². The molecule has 0 aliphatic heterocycles. The van der Waals surface area contributed by atoms with Crippen molar-refractivity contribution in [2.75, 3.05) is 13.2 Å². The first-order chi connectivity index (χ1) is 9.62. The van der Waals surface area contributed by atoms with Crippen molar-refractivity contribution < 1.29 is 19.1 Å². The topological polar surface area (TPSA) is 52.6 Å². The molecule has 0 unspecified atom stereocenters. The quantitative estimate of drug-likeness (QED) is 0.573. The van der Waals surface area contributed by atoms with Gasteiger partial charge in [0.2, 0.25) is 0 Å². The Morgan fingerprint density at radius 1 is 1.15 bits per heavy atom. The van der Waals surface area contributed by atoms with Crippen molar-refractivity contribution >= 4 is 23.5 Å². The second-order valence-electron chi connectivity index (χ2n) is 4.15. The van der Waals surface area contributed by atoms with Crippen molar-refractivity contribution in [2.24, 2.45) is 0 Å². The first kappa shape index (κ1) is 16.5. The molecule has 0 N–H and O–H groups in total. The summed E-state index contributed by atoms with van der Waals surface area (Å²) >= 11 is 5.82. The molecular formula is C15H19ClO4. The van der Waals surface area contributed by atoms with Crippen LogP contribution in [0.2, 0.25) is 0 Å². The highest BCUT2D eigenvalue weighted by Crippen LogP contribution is 2.17. The van der Waals surface area contributed by atoms with Gasteiger partial charge in [0, 0.05) is 12.3 Å². The molecule has 1 aromatic rings. The van der Waals surface area contributed by atoms with Crippen LogP contribution in [-0.2, 0) is 26.6 Å². The zero-order valence-electron chi connectivity index (χ0n) is 11.8. The maximum absolute atomic E-state index is 11.8. The minimum absolute atomic E-state index is 0.242. The first-order valence-electron chi connectivity index (χ1n) is 6.62. The van der Waals surface area contributed by atoms with Crippen LogP contribution in [0.3, 0.4) is 0 Å². The van der Waals surface area contributed by atoms with Crippen molar-refractivity contribution in [3.63, 3.8) is 0 Å². The molecule has 0 saturated heterocycles. The minimum Gasteiger partial charge on any atom is -0.466 e. The van der Waals surface area contributed by atoms with E-state index in [2.05, 4.69) is 0 Å². The van der Waals surface area contributed by atoms with Gasteiger partial charge in [-0.2, -0.15) is 0 Å². The average molecular weight is 299 g/mol. The van der Waals surface area contributed by atoms with E-state index in [1.807, 2.05) is 6.07 Å². The molecule has 0 saturated carbocycles. The number of rotatable bonds is 7. The van der Waals surface area contributed by atoms with Crippen LogP contribution in [0.25, 0.3) is 0 Å². The molecule has 0 atom stereocenters. The lowest BCUT2D eigenvalue weighted by molar-refractivity contribution is -0.143. The highest BCUT2D eigenvalue weighted by atomic mass is 35.5. The third-order valence-corrected chi connectivity index (χ3v) is 3.02. The molecule has 0 spiro atoms. The highest BCUT2D eigenvalue weighted by molar-refractivity contribution is 6.17. The predicted octanol–water partition coefficient (Wildman–Crippen LogP) is 3.10. The van der Waals surface area contributed by atoms with Gasteiger partial charge in [-0.05, 0) is 37.5 Å². The first-order valence-corrected chi connectivity index (χ1v) is 7.16. The van der Waals surface area contributed by atoms with Gasteiger partial charge in [-0.15, -0.1) is 11.6 Å². The van der Waals surface area contributed by atoms with Gasteiger partial charge in [-0.3, -0.25) is 4.79 Å². The Kier molecular flexibility index (Phi) is 7.09. The summed E-state index contributed by atoms with van der Waals surface area (Å²) in [5.41, 5.74) is 2.07. The van der Waals surface area contributed by atoms with Gasteiger partial charge in [-0.25, -0.2) is 4.79 Å². The SMILES string of the molecule is CCOC(=O)CCc1ccc(CCl)c(C(=O)OCC)c1. The molecule has 110 valence electrons. The summed E-state index contributed by atoms with van der Waals surface area (Å²) in [7, 11) is 0. The van der Waals surface area contributed by atoms with Gasteiger partial charge in [0.1, 0.15) is 0 Å². The Balaban J connectivity index is 2.81. The van der Waals surface area contributed by atoms with E-state index in [9.17, 15) is 9.59 Å². The average Bonchev–Trinajstić information content (AvgIpc) is 2.45. The van der Waals surface area contributed by atoms with Crippen LogP contribution in [0.15, 0.2) is 18.2 Å². The number of hydrogen-bond acceptors (Lipinski definition) is 4. The zero-order valence-corrected chi connectivity index (χ0v) is 12.5.